The second-order valence-corrected chi connectivity index (χ2v) is 4.70. The van der Waals surface area contributed by atoms with Crippen molar-refractivity contribution in [3.8, 4) is 17.0 Å². The number of hydrogen-bond acceptors (Lipinski definition) is 6. The molecule has 0 saturated heterocycles. The lowest BCUT2D eigenvalue weighted by molar-refractivity contribution is 0.0948. The van der Waals surface area contributed by atoms with E-state index in [-0.39, 0.29) is 11.6 Å². The Hall–Kier alpha value is -2.67. The first-order valence-corrected chi connectivity index (χ1v) is 7.02. The van der Waals surface area contributed by atoms with E-state index in [4.69, 9.17) is 16.3 Å². The molecule has 1 amide bonds. The molecule has 1 heterocycles. The number of nitrogen functional groups attached to an aromatic ring is 2. The van der Waals surface area contributed by atoms with Crippen LogP contribution in [0.5, 0.6) is 5.75 Å². The highest BCUT2D eigenvalue weighted by Crippen LogP contribution is 2.22. The standard InChI is InChI=1S/C15H19N5O2/c1-2-3-8-22-11-6-4-10(5-7-11)12-9-13(14(21)20-17)19-15(16)18-12/h4-7,9H,2-3,8,17H2,1H3,(H,20,21)(H2,16,18,19). The minimum Gasteiger partial charge on any atom is -0.494 e. The highest BCUT2D eigenvalue weighted by Gasteiger charge is 2.10. The quantitative estimate of drug-likeness (QED) is 0.322. The van der Waals surface area contributed by atoms with Crippen molar-refractivity contribution in [1.82, 2.24) is 15.4 Å². The predicted octanol–water partition coefficient (Wildman–Crippen LogP) is 1.51. The third kappa shape index (κ3) is 3.92. The van der Waals surface area contributed by atoms with Gasteiger partial charge in [0.2, 0.25) is 5.95 Å². The number of nitrogens with one attached hydrogen (secondary N) is 1. The van der Waals surface area contributed by atoms with E-state index in [9.17, 15) is 4.79 Å². The largest absolute Gasteiger partial charge is 0.494 e. The van der Waals surface area contributed by atoms with E-state index in [1.54, 1.807) is 0 Å². The number of carbonyl (C=O) groups is 1. The summed E-state index contributed by atoms with van der Waals surface area (Å²) in [7, 11) is 0. The van der Waals surface area contributed by atoms with Crippen LogP contribution in [0.15, 0.2) is 30.3 Å². The topological polar surface area (TPSA) is 116 Å². The van der Waals surface area contributed by atoms with Crippen molar-refractivity contribution in [2.75, 3.05) is 12.3 Å². The fraction of sp³-hybridized carbons (Fsp3) is 0.267. The Labute approximate surface area is 128 Å². The molecular weight excluding hydrogens is 282 g/mol. The molecule has 0 aliphatic rings. The molecular formula is C15H19N5O2. The maximum absolute atomic E-state index is 11.5. The summed E-state index contributed by atoms with van der Waals surface area (Å²) >= 11 is 0. The summed E-state index contributed by atoms with van der Waals surface area (Å²) in [6, 6.07) is 8.95. The fourth-order valence-corrected chi connectivity index (χ4v) is 1.86. The maximum Gasteiger partial charge on any atom is 0.283 e. The molecule has 0 aliphatic carbocycles. The number of rotatable bonds is 6. The second-order valence-electron chi connectivity index (χ2n) is 4.70. The van der Waals surface area contributed by atoms with Gasteiger partial charge in [-0.1, -0.05) is 13.3 Å². The lowest BCUT2D eigenvalue weighted by Gasteiger charge is -2.08. The van der Waals surface area contributed by atoms with Gasteiger partial charge in [-0.15, -0.1) is 0 Å². The lowest BCUT2D eigenvalue weighted by atomic mass is 10.1. The summed E-state index contributed by atoms with van der Waals surface area (Å²) in [4.78, 5) is 19.5. The molecule has 0 radical (unpaired) electrons. The number of aromatic nitrogens is 2. The molecule has 0 atom stereocenters. The monoisotopic (exact) mass is 301 g/mol. The van der Waals surface area contributed by atoms with Gasteiger partial charge in [-0.25, -0.2) is 15.8 Å². The van der Waals surface area contributed by atoms with Crippen LogP contribution in [0.4, 0.5) is 5.95 Å². The van der Waals surface area contributed by atoms with Crippen LogP contribution in [0.3, 0.4) is 0 Å². The van der Waals surface area contributed by atoms with Crippen molar-refractivity contribution in [2.24, 2.45) is 5.84 Å². The van der Waals surface area contributed by atoms with E-state index in [0.29, 0.717) is 12.3 Å². The number of nitrogens with two attached hydrogens (primary N) is 2. The number of hydrazine groups is 1. The van der Waals surface area contributed by atoms with Gasteiger partial charge in [0.05, 0.1) is 12.3 Å². The third-order valence-electron chi connectivity index (χ3n) is 3.02. The van der Waals surface area contributed by atoms with Gasteiger partial charge >= 0.3 is 0 Å². The number of unbranched alkanes of at least 4 members (excludes halogenated alkanes) is 1. The molecule has 2 aromatic rings. The zero-order valence-electron chi connectivity index (χ0n) is 12.4. The molecule has 1 aromatic heterocycles. The summed E-state index contributed by atoms with van der Waals surface area (Å²) in [6.45, 7) is 2.80. The SMILES string of the molecule is CCCCOc1ccc(-c2cc(C(=O)NN)nc(N)n2)cc1. The van der Waals surface area contributed by atoms with Gasteiger partial charge in [0.25, 0.3) is 5.91 Å². The van der Waals surface area contributed by atoms with Crippen molar-refractivity contribution in [3.63, 3.8) is 0 Å². The van der Waals surface area contributed by atoms with Crippen LogP contribution in [0.1, 0.15) is 30.3 Å². The van der Waals surface area contributed by atoms with Crippen molar-refractivity contribution in [3.05, 3.63) is 36.0 Å². The first kappa shape index (κ1) is 15.7. The summed E-state index contributed by atoms with van der Waals surface area (Å²) in [5, 5.41) is 0. The van der Waals surface area contributed by atoms with Crippen LogP contribution in [-0.4, -0.2) is 22.5 Å². The van der Waals surface area contributed by atoms with E-state index < -0.39 is 5.91 Å². The normalized spacial score (nSPS) is 10.3. The number of benzene rings is 1. The molecule has 0 spiro atoms. The van der Waals surface area contributed by atoms with E-state index in [2.05, 4.69) is 16.9 Å². The van der Waals surface area contributed by atoms with Crippen LogP contribution in [0.25, 0.3) is 11.3 Å². The Bertz CT molecular complexity index is 643. The second kappa shape index (κ2) is 7.37. The first-order valence-electron chi connectivity index (χ1n) is 7.02. The summed E-state index contributed by atoms with van der Waals surface area (Å²) in [6.07, 6.45) is 2.10. The van der Waals surface area contributed by atoms with Crippen LogP contribution < -0.4 is 21.7 Å². The van der Waals surface area contributed by atoms with Crippen LogP contribution in [0, 0.1) is 0 Å². The summed E-state index contributed by atoms with van der Waals surface area (Å²) in [5.74, 6) is 5.39. The number of nitrogens with zero attached hydrogens (tertiary/aromatic N) is 2. The smallest absolute Gasteiger partial charge is 0.283 e. The average molecular weight is 301 g/mol. The Kier molecular flexibility index (Phi) is 5.26. The van der Waals surface area contributed by atoms with Crippen molar-refractivity contribution >= 4 is 11.9 Å². The molecule has 116 valence electrons. The maximum atomic E-state index is 11.5. The molecule has 2 rings (SSSR count). The third-order valence-corrected chi connectivity index (χ3v) is 3.02. The van der Waals surface area contributed by atoms with Gasteiger partial charge in [0, 0.05) is 5.56 Å². The fourth-order valence-electron chi connectivity index (χ4n) is 1.86. The van der Waals surface area contributed by atoms with Gasteiger partial charge in [0.1, 0.15) is 11.4 Å². The number of hydrogen-bond donors (Lipinski definition) is 3. The minimum absolute atomic E-state index is 0.0133. The summed E-state index contributed by atoms with van der Waals surface area (Å²) < 4.78 is 5.60. The van der Waals surface area contributed by atoms with Gasteiger partial charge in [-0.3, -0.25) is 10.2 Å². The summed E-state index contributed by atoms with van der Waals surface area (Å²) in [5.41, 5.74) is 9.13. The Morgan fingerprint density at radius 3 is 2.64 bits per heavy atom. The van der Waals surface area contributed by atoms with E-state index >= 15 is 0 Å². The van der Waals surface area contributed by atoms with Gasteiger partial charge in [-0.2, -0.15) is 0 Å². The zero-order valence-corrected chi connectivity index (χ0v) is 12.4. The van der Waals surface area contributed by atoms with E-state index in [1.165, 1.54) is 6.07 Å². The minimum atomic E-state index is -0.519. The molecule has 7 heteroatoms. The molecule has 1 aromatic carbocycles. The molecule has 5 N–H and O–H groups in total. The molecule has 22 heavy (non-hydrogen) atoms. The van der Waals surface area contributed by atoms with Crippen LogP contribution in [-0.2, 0) is 0 Å². The lowest BCUT2D eigenvalue weighted by Crippen LogP contribution is -2.31. The number of carbonyl (C=O) groups excluding carboxylic acids is 1. The van der Waals surface area contributed by atoms with Crippen LogP contribution >= 0.6 is 0 Å². The van der Waals surface area contributed by atoms with Crippen LogP contribution in [0.2, 0.25) is 0 Å². The number of amides is 1. The first-order chi connectivity index (χ1) is 10.6. The Morgan fingerprint density at radius 1 is 1.27 bits per heavy atom. The average Bonchev–Trinajstić information content (AvgIpc) is 2.54. The van der Waals surface area contributed by atoms with Gasteiger partial charge in [-0.05, 0) is 36.8 Å². The molecule has 0 saturated carbocycles. The molecule has 0 aliphatic heterocycles. The highest BCUT2D eigenvalue weighted by atomic mass is 16.5. The van der Waals surface area contributed by atoms with Gasteiger partial charge in [0.15, 0.2) is 0 Å². The van der Waals surface area contributed by atoms with E-state index in [0.717, 1.165) is 24.2 Å². The molecule has 7 nitrogen and oxygen atoms in total. The number of ether oxygens (including phenoxy) is 1. The Balaban J connectivity index is 2.20. The van der Waals surface area contributed by atoms with Crippen molar-refractivity contribution < 1.29 is 9.53 Å². The van der Waals surface area contributed by atoms with Gasteiger partial charge < -0.3 is 10.5 Å². The zero-order chi connectivity index (χ0) is 15.9. The van der Waals surface area contributed by atoms with Crippen molar-refractivity contribution in [2.45, 2.75) is 19.8 Å². The molecule has 0 fully saturated rings. The Morgan fingerprint density at radius 2 is 2.00 bits per heavy atom. The van der Waals surface area contributed by atoms with Crippen molar-refractivity contribution in [1.29, 1.82) is 0 Å². The molecule has 0 unspecified atom stereocenters. The highest BCUT2D eigenvalue weighted by molar-refractivity contribution is 5.93. The van der Waals surface area contributed by atoms with E-state index in [1.807, 2.05) is 29.7 Å². The number of anilines is 1. The predicted molar refractivity (Wildman–Crippen MR) is 83.9 cm³/mol. The molecule has 0 bridgehead atoms.